The number of alkyl halides is 2. The molecule has 0 aliphatic carbocycles. The maximum Gasteiger partial charge on any atom is 0.229 e. The molecule has 0 aromatic heterocycles. The van der Waals surface area contributed by atoms with Crippen LogP contribution in [0.25, 0.3) is 0 Å². The molecule has 0 heterocycles. The lowest BCUT2D eigenvalue weighted by atomic mass is 10.4. The summed E-state index contributed by atoms with van der Waals surface area (Å²) in [5, 5.41) is 3.59. The van der Waals surface area contributed by atoms with E-state index in [0.29, 0.717) is 0 Å². The molecule has 3 rings (SSSR count). The van der Waals surface area contributed by atoms with E-state index in [0.717, 1.165) is 0 Å². The largest absolute Gasteiger partial charge is 1.00 e. The molecule has 0 saturated heterocycles. The summed E-state index contributed by atoms with van der Waals surface area (Å²) in [4.78, 5) is 0. The fraction of sp³-hybridized carbons (Fsp3) is 0.0526. The number of benzene rings is 3. The molecule has 118 valence electrons. The minimum atomic E-state index is -2.09. The average Bonchev–Trinajstić information content (AvgIpc) is 2.58. The van der Waals surface area contributed by atoms with Crippen molar-refractivity contribution in [3.63, 3.8) is 0 Å². The molecule has 0 aliphatic heterocycles. The number of hydrogen-bond donors (Lipinski definition) is 0. The second kappa shape index (κ2) is 8.18. The van der Waals surface area contributed by atoms with Gasteiger partial charge in [-0.05, 0) is 36.4 Å². The summed E-state index contributed by atoms with van der Waals surface area (Å²) in [5.74, 6) is 0. The standard InChI is InChI=1S/C19H16Cl2P.ClH/c20-19(21)22(16-10-4-1-5-11-16,17-12-6-2-7-13-17)18-14-8-3-9-15-18;/h1-15,19H;1H/q+1;/p-1. The molecule has 0 N–H and O–H groups in total. The molecule has 0 nitrogen and oxygen atoms in total. The van der Waals surface area contributed by atoms with Crippen LogP contribution in [-0.2, 0) is 0 Å². The summed E-state index contributed by atoms with van der Waals surface area (Å²) in [5.41, 5.74) is 0. The smallest absolute Gasteiger partial charge is 0.229 e. The minimum Gasteiger partial charge on any atom is -1.00 e. The molecular formula is C19H16Cl3P. The summed E-state index contributed by atoms with van der Waals surface area (Å²) in [6, 6.07) is 31.1. The first-order chi connectivity index (χ1) is 10.8. The summed E-state index contributed by atoms with van der Waals surface area (Å²) in [7, 11) is -2.09. The van der Waals surface area contributed by atoms with E-state index >= 15 is 0 Å². The van der Waals surface area contributed by atoms with Crippen molar-refractivity contribution in [1.82, 2.24) is 0 Å². The van der Waals surface area contributed by atoms with Gasteiger partial charge in [0.05, 0.1) is 0 Å². The van der Waals surface area contributed by atoms with E-state index in [-0.39, 0.29) is 12.4 Å². The van der Waals surface area contributed by atoms with Gasteiger partial charge < -0.3 is 12.4 Å². The van der Waals surface area contributed by atoms with E-state index in [1.54, 1.807) is 0 Å². The fourth-order valence-electron chi connectivity index (χ4n) is 2.77. The first kappa shape index (κ1) is 18.3. The highest BCUT2D eigenvalue weighted by Crippen LogP contribution is 2.62. The molecule has 3 aromatic carbocycles. The lowest BCUT2D eigenvalue weighted by molar-refractivity contribution is -0.00000406. The molecule has 0 spiro atoms. The molecule has 0 bridgehead atoms. The van der Waals surface area contributed by atoms with E-state index in [1.807, 2.05) is 54.6 Å². The van der Waals surface area contributed by atoms with Crippen LogP contribution < -0.4 is 28.3 Å². The van der Waals surface area contributed by atoms with Crippen molar-refractivity contribution in [3.05, 3.63) is 91.0 Å². The van der Waals surface area contributed by atoms with E-state index in [4.69, 9.17) is 23.2 Å². The van der Waals surface area contributed by atoms with Gasteiger partial charge in [-0.3, -0.25) is 0 Å². The van der Waals surface area contributed by atoms with Crippen LogP contribution in [0.3, 0.4) is 0 Å². The van der Waals surface area contributed by atoms with Crippen molar-refractivity contribution in [1.29, 1.82) is 0 Å². The van der Waals surface area contributed by atoms with Crippen LogP contribution in [-0.4, -0.2) is 4.58 Å². The zero-order valence-corrected chi connectivity index (χ0v) is 15.5. The van der Waals surface area contributed by atoms with Crippen LogP contribution in [0.5, 0.6) is 0 Å². The molecule has 0 amide bonds. The Bertz CT molecular complexity index is 619. The number of hydrogen-bond acceptors (Lipinski definition) is 0. The predicted octanol–water partition coefficient (Wildman–Crippen LogP) is 1.75. The third kappa shape index (κ3) is 3.42. The number of halogens is 3. The maximum atomic E-state index is 6.62. The van der Waals surface area contributed by atoms with Gasteiger partial charge in [-0.1, -0.05) is 77.8 Å². The molecule has 0 radical (unpaired) electrons. The second-order valence-corrected chi connectivity index (χ2v) is 10.2. The van der Waals surface area contributed by atoms with Crippen LogP contribution in [0.15, 0.2) is 91.0 Å². The average molecular weight is 382 g/mol. The van der Waals surface area contributed by atoms with Gasteiger partial charge in [0.15, 0.2) is 0 Å². The topological polar surface area (TPSA) is 0 Å². The van der Waals surface area contributed by atoms with Gasteiger partial charge in [0, 0.05) is 0 Å². The Balaban J connectivity index is 0.00000192. The van der Waals surface area contributed by atoms with E-state index in [9.17, 15) is 0 Å². The quantitative estimate of drug-likeness (QED) is 0.477. The lowest BCUT2D eigenvalue weighted by Gasteiger charge is -2.28. The summed E-state index contributed by atoms with van der Waals surface area (Å²) < 4.78 is -0.500. The monoisotopic (exact) mass is 380 g/mol. The first-order valence-corrected chi connectivity index (χ1v) is 9.83. The van der Waals surface area contributed by atoms with Crippen molar-refractivity contribution in [2.24, 2.45) is 0 Å². The molecule has 0 fully saturated rings. The second-order valence-electron chi connectivity index (χ2n) is 5.01. The molecule has 0 aliphatic rings. The Morgan fingerprint density at radius 1 is 0.522 bits per heavy atom. The molecular weight excluding hydrogens is 366 g/mol. The van der Waals surface area contributed by atoms with Gasteiger partial charge in [-0.15, -0.1) is 0 Å². The van der Waals surface area contributed by atoms with E-state index in [2.05, 4.69) is 36.4 Å². The van der Waals surface area contributed by atoms with Crippen LogP contribution >= 0.6 is 30.5 Å². The molecule has 0 saturated carbocycles. The fourth-order valence-corrected chi connectivity index (χ4v) is 8.30. The maximum absolute atomic E-state index is 6.62. The van der Waals surface area contributed by atoms with Gasteiger partial charge >= 0.3 is 0 Å². The number of rotatable bonds is 4. The lowest BCUT2D eigenvalue weighted by Crippen LogP contribution is -3.00. The SMILES string of the molecule is ClC(Cl)[P+](c1ccccc1)(c1ccccc1)c1ccccc1.[Cl-]. The summed E-state index contributed by atoms with van der Waals surface area (Å²) in [6.07, 6.45) is 0. The van der Waals surface area contributed by atoms with Crippen molar-refractivity contribution >= 4 is 46.4 Å². The third-order valence-corrected chi connectivity index (χ3v) is 9.46. The highest BCUT2D eigenvalue weighted by Gasteiger charge is 2.51. The zero-order chi connectivity index (χ0) is 15.4. The van der Waals surface area contributed by atoms with Crippen molar-refractivity contribution < 1.29 is 12.4 Å². The predicted molar refractivity (Wildman–Crippen MR) is 101 cm³/mol. The highest BCUT2D eigenvalue weighted by atomic mass is 35.5. The molecule has 23 heavy (non-hydrogen) atoms. The van der Waals surface area contributed by atoms with Gasteiger partial charge in [0.25, 0.3) is 0 Å². The van der Waals surface area contributed by atoms with Crippen molar-refractivity contribution in [2.75, 3.05) is 0 Å². The molecule has 4 heteroatoms. The summed E-state index contributed by atoms with van der Waals surface area (Å²) in [6.45, 7) is 0. The van der Waals surface area contributed by atoms with Crippen LogP contribution in [0.4, 0.5) is 0 Å². The minimum absolute atomic E-state index is 0. The van der Waals surface area contributed by atoms with Crippen molar-refractivity contribution in [2.45, 2.75) is 4.58 Å². The highest BCUT2D eigenvalue weighted by molar-refractivity contribution is 7.98. The van der Waals surface area contributed by atoms with Crippen LogP contribution in [0.1, 0.15) is 0 Å². The third-order valence-electron chi connectivity index (χ3n) is 3.78. The first-order valence-electron chi connectivity index (χ1n) is 7.10. The Hall–Kier alpha value is -1.04. The Kier molecular flexibility index (Phi) is 6.50. The van der Waals surface area contributed by atoms with E-state index in [1.165, 1.54) is 15.9 Å². The van der Waals surface area contributed by atoms with Crippen LogP contribution in [0.2, 0.25) is 0 Å². The van der Waals surface area contributed by atoms with Crippen LogP contribution in [0, 0.1) is 0 Å². The van der Waals surface area contributed by atoms with Gasteiger partial charge in [0.1, 0.15) is 23.2 Å². The molecule has 0 unspecified atom stereocenters. The Morgan fingerprint density at radius 2 is 0.783 bits per heavy atom. The zero-order valence-electron chi connectivity index (χ0n) is 12.3. The van der Waals surface area contributed by atoms with Gasteiger partial charge in [-0.25, -0.2) is 0 Å². The molecule has 0 atom stereocenters. The normalized spacial score (nSPS) is 11.1. The van der Waals surface area contributed by atoms with Gasteiger partial charge in [-0.2, -0.15) is 0 Å². The molecule has 3 aromatic rings. The van der Waals surface area contributed by atoms with E-state index < -0.39 is 11.8 Å². The van der Waals surface area contributed by atoms with Crippen molar-refractivity contribution in [3.8, 4) is 0 Å². The summed E-state index contributed by atoms with van der Waals surface area (Å²) >= 11 is 13.2. The Morgan fingerprint density at radius 3 is 1.00 bits per heavy atom. The van der Waals surface area contributed by atoms with Gasteiger partial charge in [0.2, 0.25) is 4.58 Å². The Labute approximate surface area is 154 Å².